The number of thiophene rings is 1. The predicted octanol–water partition coefficient (Wildman–Crippen LogP) is 6.51. The van der Waals surface area contributed by atoms with E-state index in [0.29, 0.717) is 25.1 Å². The zero-order valence-electron chi connectivity index (χ0n) is 18.4. The van der Waals surface area contributed by atoms with E-state index in [1.165, 1.54) is 12.1 Å². The standard InChI is InChI=1S/C14H19NO3S.C9H9F3/c1-9(16)11-8-19-12-7-15(6-5-10(11)12)13(17)18-14(2,3)4;1-2-7-4-3-5-8(6-7)9(10,11)12/h8H,5-7H2,1-4H3;3-6H,2H2,1H3. The van der Waals surface area contributed by atoms with Crippen molar-refractivity contribution in [1.82, 2.24) is 4.90 Å². The molecule has 8 heteroatoms. The topological polar surface area (TPSA) is 46.6 Å². The molecule has 0 N–H and O–H groups in total. The normalized spacial score (nSPS) is 13.7. The molecule has 4 nitrogen and oxygen atoms in total. The number of nitrogens with zero attached hydrogens (tertiary/aromatic N) is 1. The number of carbonyl (C=O) groups excluding carboxylic acids is 2. The molecular weight excluding hydrogens is 427 g/mol. The summed E-state index contributed by atoms with van der Waals surface area (Å²) in [4.78, 5) is 26.3. The summed E-state index contributed by atoms with van der Waals surface area (Å²) in [7, 11) is 0. The van der Waals surface area contributed by atoms with E-state index < -0.39 is 17.3 Å². The zero-order chi connectivity index (χ0) is 23.4. The van der Waals surface area contributed by atoms with Gasteiger partial charge in [-0.25, -0.2) is 4.79 Å². The minimum absolute atomic E-state index is 0.100. The molecule has 0 spiro atoms. The zero-order valence-corrected chi connectivity index (χ0v) is 19.2. The number of benzene rings is 1. The van der Waals surface area contributed by atoms with Crippen LogP contribution in [-0.4, -0.2) is 28.9 Å². The van der Waals surface area contributed by atoms with Crippen LogP contribution in [0.5, 0.6) is 0 Å². The molecule has 1 aromatic heterocycles. The molecular formula is C23H28F3NO3S. The van der Waals surface area contributed by atoms with E-state index >= 15 is 0 Å². The van der Waals surface area contributed by atoms with Gasteiger partial charge < -0.3 is 9.64 Å². The number of alkyl halides is 3. The Morgan fingerprint density at radius 3 is 2.42 bits per heavy atom. The molecule has 1 amide bonds. The predicted molar refractivity (Wildman–Crippen MR) is 115 cm³/mol. The maximum Gasteiger partial charge on any atom is 0.416 e. The molecule has 170 valence electrons. The molecule has 0 saturated carbocycles. The lowest BCUT2D eigenvalue weighted by molar-refractivity contribution is -0.137. The van der Waals surface area contributed by atoms with Gasteiger partial charge in [0.05, 0.1) is 12.1 Å². The summed E-state index contributed by atoms with van der Waals surface area (Å²) in [5.74, 6) is 0.100. The van der Waals surface area contributed by atoms with Gasteiger partial charge in [0.1, 0.15) is 5.60 Å². The van der Waals surface area contributed by atoms with Gasteiger partial charge >= 0.3 is 12.3 Å². The lowest BCUT2D eigenvalue weighted by Gasteiger charge is -2.30. The molecule has 31 heavy (non-hydrogen) atoms. The van der Waals surface area contributed by atoms with Gasteiger partial charge in [0.2, 0.25) is 0 Å². The SMILES string of the molecule is CC(=O)c1csc2c1CCN(C(=O)OC(C)(C)C)C2.CCc1cccc(C(F)(F)F)c1. The summed E-state index contributed by atoms with van der Waals surface area (Å²) in [5.41, 5.74) is 1.59. The van der Waals surface area contributed by atoms with Crippen molar-refractivity contribution in [2.24, 2.45) is 0 Å². The molecule has 0 saturated heterocycles. The van der Waals surface area contributed by atoms with Crippen LogP contribution in [0.4, 0.5) is 18.0 Å². The highest BCUT2D eigenvalue weighted by Crippen LogP contribution is 2.30. The first kappa shape index (κ1) is 24.9. The quantitative estimate of drug-likeness (QED) is 0.485. The number of aryl methyl sites for hydroxylation is 1. The number of Topliss-reactive ketones (excluding diaryl/α,β-unsaturated/α-hetero) is 1. The van der Waals surface area contributed by atoms with E-state index in [9.17, 15) is 22.8 Å². The van der Waals surface area contributed by atoms with E-state index in [4.69, 9.17) is 4.74 Å². The number of ether oxygens (including phenoxy) is 1. The maximum atomic E-state index is 12.1. The summed E-state index contributed by atoms with van der Waals surface area (Å²) in [5, 5.41) is 1.89. The van der Waals surface area contributed by atoms with Crippen LogP contribution in [0, 0.1) is 0 Å². The number of carbonyl (C=O) groups is 2. The van der Waals surface area contributed by atoms with Crippen molar-refractivity contribution < 1.29 is 27.5 Å². The monoisotopic (exact) mass is 455 g/mol. The fraction of sp³-hybridized carbons (Fsp3) is 0.478. The lowest BCUT2D eigenvalue weighted by atomic mass is 10.0. The largest absolute Gasteiger partial charge is 0.444 e. The van der Waals surface area contributed by atoms with Crippen molar-refractivity contribution in [2.45, 2.75) is 65.8 Å². The first-order valence-corrected chi connectivity index (χ1v) is 10.9. The Labute approximate surface area is 185 Å². The van der Waals surface area contributed by atoms with Gasteiger partial charge in [0, 0.05) is 22.4 Å². The highest BCUT2D eigenvalue weighted by Gasteiger charge is 2.30. The van der Waals surface area contributed by atoms with E-state index in [1.54, 1.807) is 29.2 Å². The first-order valence-electron chi connectivity index (χ1n) is 10.1. The van der Waals surface area contributed by atoms with Crippen molar-refractivity contribution in [3.05, 3.63) is 56.8 Å². The molecule has 0 fully saturated rings. The van der Waals surface area contributed by atoms with Gasteiger partial charge in [-0.2, -0.15) is 13.2 Å². The Balaban J connectivity index is 0.000000245. The smallest absolute Gasteiger partial charge is 0.416 e. The van der Waals surface area contributed by atoms with Crippen LogP contribution in [0.1, 0.15) is 66.5 Å². The summed E-state index contributed by atoms with van der Waals surface area (Å²) >= 11 is 1.55. The number of rotatable bonds is 2. The van der Waals surface area contributed by atoms with Crippen LogP contribution in [0.2, 0.25) is 0 Å². The molecule has 2 aromatic rings. The Morgan fingerprint density at radius 1 is 1.19 bits per heavy atom. The maximum absolute atomic E-state index is 12.1. The first-order chi connectivity index (χ1) is 14.3. The average Bonchev–Trinajstić information content (AvgIpc) is 3.10. The third-order valence-electron chi connectivity index (χ3n) is 4.64. The number of hydrogen-bond acceptors (Lipinski definition) is 4. The third-order valence-corrected chi connectivity index (χ3v) is 5.65. The van der Waals surface area contributed by atoms with Gasteiger partial charge in [-0.15, -0.1) is 11.3 Å². The van der Waals surface area contributed by atoms with Crippen LogP contribution >= 0.6 is 11.3 Å². The van der Waals surface area contributed by atoms with Crippen molar-refractivity contribution in [3.63, 3.8) is 0 Å². The molecule has 1 aliphatic heterocycles. The highest BCUT2D eigenvalue weighted by atomic mass is 32.1. The second-order valence-corrected chi connectivity index (χ2v) is 9.28. The minimum atomic E-state index is -4.22. The number of amides is 1. The summed E-state index contributed by atoms with van der Waals surface area (Å²) in [6.07, 6.45) is -3.14. The van der Waals surface area contributed by atoms with Gasteiger partial charge in [-0.05, 0) is 57.7 Å². The molecule has 1 aromatic carbocycles. The molecule has 2 heterocycles. The number of halogens is 3. The summed E-state index contributed by atoms with van der Waals surface area (Å²) in [6.45, 7) is 10.1. The molecule has 0 atom stereocenters. The van der Waals surface area contributed by atoms with E-state index in [-0.39, 0.29) is 11.9 Å². The number of hydrogen-bond donors (Lipinski definition) is 0. The molecule has 1 aliphatic rings. The molecule has 0 radical (unpaired) electrons. The van der Waals surface area contributed by atoms with Crippen LogP contribution in [-0.2, 0) is 30.3 Å². The molecule has 3 rings (SSSR count). The number of ketones is 1. The Kier molecular flexibility index (Phi) is 7.92. The van der Waals surface area contributed by atoms with Crippen LogP contribution in [0.3, 0.4) is 0 Å². The second kappa shape index (κ2) is 9.85. The highest BCUT2D eigenvalue weighted by molar-refractivity contribution is 7.10. The second-order valence-electron chi connectivity index (χ2n) is 8.31. The Morgan fingerprint density at radius 2 is 1.87 bits per heavy atom. The minimum Gasteiger partial charge on any atom is -0.444 e. The van der Waals surface area contributed by atoms with E-state index in [1.807, 2.05) is 33.1 Å². The Bertz CT molecular complexity index is 929. The average molecular weight is 456 g/mol. The van der Waals surface area contributed by atoms with Crippen LogP contribution < -0.4 is 0 Å². The van der Waals surface area contributed by atoms with Crippen molar-refractivity contribution in [3.8, 4) is 0 Å². The Hall–Kier alpha value is -2.35. The van der Waals surface area contributed by atoms with Crippen molar-refractivity contribution in [1.29, 1.82) is 0 Å². The van der Waals surface area contributed by atoms with Crippen molar-refractivity contribution in [2.75, 3.05) is 6.54 Å². The lowest BCUT2D eigenvalue weighted by Crippen LogP contribution is -2.39. The molecule has 0 aliphatic carbocycles. The van der Waals surface area contributed by atoms with Crippen LogP contribution in [0.15, 0.2) is 29.6 Å². The molecule has 0 bridgehead atoms. The summed E-state index contributed by atoms with van der Waals surface area (Å²) in [6, 6.07) is 5.38. The third kappa shape index (κ3) is 7.09. The van der Waals surface area contributed by atoms with Gasteiger partial charge in [-0.3, -0.25) is 4.79 Å². The van der Waals surface area contributed by atoms with Crippen molar-refractivity contribution >= 4 is 23.2 Å². The van der Waals surface area contributed by atoms with Gasteiger partial charge in [0.25, 0.3) is 0 Å². The van der Waals surface area contributed by atoms with E-state index in [0.717, 1.165) is 28.5 Å². The van der Waals surface area contributed by atoms with Gasteiger partial charge in [0.15, 0.2) is 5.78 Å². The fourth-order valence-electron chi connectivity index (χ4n) is 3.07. The fourth-order valence-corrected chi connectivity index (χ4v) is 4.23. The van der Waals surface area contributed by atoms with Gasteiger partial charge in [-0.1, -0.05) is 25.1 Å². The number of fused-ring (bicyclic) bond motifs is 1. The van der Waals surface area contributed by atoms with Crippen LogP contribution in [0.25, 0.3) is 0 Å². The summed E-state index contributed by atoms with van der Waals surface area (Å²) < 4.78 is 41.7. The van der Waals surface area contributed by atoms with E-state index in [2.05, 4.69) is 0 Å². The molecule has 0 unspecified atom stereocenters.